The van der Waals surface area contributed by atoms with Gasteiger partial charge in [-0.3, -0.25) is 4.79 Å². The maximum Gasteiger partial charge on any atom is 0.308 e. The minimum absolute atomic E-state index is 0.110. The molecule has 86 valence electrons. The summed E-state index contributed by atoms with van der Waals surface area (Å²) in [5.74, 6) is -0.921. The van der Waals surface area contributed by atoms with Crippen LogP contribution in [-0.4, -0.2) is 34.4 Å². The fourth-order valence-corrected chi connectivity index (χ4v) is 2.44. The van der Waals surface area contributed by atoms with Gasteiger partial charge in [-0.25, -0.2) is 0 Å². The van der Waals surface area contributed by atoms with E-state index in [1.807, 2.05) is 13.8 Å². The van der Waals surface area contributed by atoms with Gasteiger partial charge in [-0.05, 0) is 19.3 Å². The molecule has 0 aliphatic heterocycles. The maximum atomic E-state index is 10.8. The van der Waals surface area contributed by atoms with Crippen LogP contribution in [0.3, 0.4) is 0 Å². The number of carbonyl (C=O) groups is 1. The normalized spacial score (nSPS) is 42.9. The summed E-state index contributed by atoms with van der Waals surface area (Å²) in [6.45, 7) is 4.04. The predicted molar refractivity (Wildman–Crippen MR) is 55.5 cm³/mol. The molecule has 15 heavy (non-hydrogen) atoms. The van der Waals surface area contributed by atoms with Gasteiger partial charge in [0.25, 0.3) is 0 Å². The third-order valence-electron chi connectivity index (χ3n) is 4.22. The Labute approximate surface area is 89.7 Å². The highest BCUT2D eigenvalue weighted by Gasteiger charge is 2.49. The van der Waals surface area contributed by atoms with Crippen LogP contribution < -0.4 is 5.32 Å². The fourth-order valence-electron chi connectivity index (χ4n) is 2.44. The molecule has 0 spiro atoms. The second-order valence-electron chi connectivity index (χ2n) is 5.42. The number of aliphatic carboxylic acids is 1. The molecule has 2 saturated carbocycles. The predicted octanol–water partition coefficient (Wildman–Crippen LogP) is 0.599. The van der Waals surface area contributed by atoms with Crippen LogP contribution in [0.15, 0.2) is 0 Å². The summed E-state index contributed by atoms with van der Waals surface area (Å²) in [4.78, 5) is 10.8. The van der Waals surface area contributed by atoms with Crippen molar-refractivity contribution in [1.29, 1.82) is 0 Å². The molecular formula is C11H19NO3. The molecule has 0 amide bonds. The van der Waals surface area contributed by atoms with E-state index in [1.54, 1.807) is 0 Å². The second-order valence-corrected chi connectivity index (χ2v) is 5.42. The lowest BCUT2D eigenvalue weighted by molar-refractivity contribution is -0.147. The van der Waals surface area contributed by atoms with Gasteiger partial charge >= 0.3 is 5.97 Å². The number of aliphatic hydroxyl groups excluding tert-OH is 1. The molecule has 0 aromatic carbocycles. The summed E-state index contributed by atoms with van der Waals surface area (Å²) in [5, 5.41) is 21.8. The Morgan fingerprint density at radius 2 is 2.07 bits per heavy atom. The van der Waals surface area contributed by atoms with Crippen molar-refractivity contribution in [3.05, 3.63) is 0 Å². The van der Waals surface area contributed by atoms with Crippen molar-refractivity contribution in [3.8, 4) is 0 Å². The summed E-state index contributed by atoms with van der Waals surface area (Å²) in [5.41, 5.74) is -0.112. The van der Waals surface area contributed by atoms with E-state index in [9.17, 15) is 9.90 Å². The summed E-state index contributed by atoms with van der Waals surface area (Å²) < 4.78 is 0. The number of carboxylic acid groups (broad SMARTS) is 1. The Bertz CT molecular complexity index is 277. The van der Waals surface area contributed by atoms with Crippen LogP contribution in [0.25, 0.3) is 0 Å². The van der Waals surface area contributed by atoms with Crippen molar-refractivity contribution < 1.29 is 15.0 Å². The molecule has 4 unspecified atom stereocenters. The molecular weight excluding hydrogens is 194 g/mol. The Hall–Kier alpha value is -0.610. The first-order chi connectivity index (χ1) is 6.93. The van der Waals surface area contributed by atoms with E-state index in [1.165, 1.54) is 0 Å². The Balaban J connectivity index is 1.86. The van der Waals surface area contributed by atoms with E-state index in [0.717, 1.165) is 19.3 Å². The van der Waals surface area contributed by atoms with Crippen LogP contribution in [0.4, 0.5) is 0 Å². The van der Waals surface area contributed by atoms with Crippen molar-refractivity contribution in [2.45, 2.75) is 51.3 Å². The van der Waals surface area contributed by atoms with E-state index in [0.29, 0.717) is 0 Å². The van der Waals surface area contributed by atoms with E-state index < -0.39 is 5.97 Å². The third-order valence-corrected chi connectivity index (χ3v) is 4.22. The van der Waals surface area contributed by atoms with Gasteiger partial charge in [0.05, 0.1) is 12.0 Å². The molecule has 4 nitrogen and oxygen atoms in total. The maximum absolute atomic E-state index is 10.8. The second kappa shape index (κ2) is 3.46. The Morgan fingerprint density at radius 1 is 1.40 bits per heavy atom. The van der Waals surface area contributed by atoms with Crippen LogP contribution in [0, 0.1) is 11.3 Å². The van der Waals surface area contributed by atoms with Gasteiger partial charge < -0.3 is 15.5 Å². The topological polar surface area (TPSA) is 69.6 Å². The Kier molecular flexibility index (Phi) is 2.51. The zero-order valence-corrected chi connectivity index (χ0v) is 9.23. The lowest BCUT2D eigenvalue weighted by Crippen LogP contribution is -2.64. The summed E-state index contributed by atoms with van der Waals surface area (Å²) in [7, 11) is 0. The van der Waals surface area contributed by atoms with Crippen molar-refractivity contribution in [2.24, 2.45) is 11.3 Å². The average Bonchev–Trinajstić information content (AvgIpc) is 2.08. The SMILES string of the molecule is CC1(C)C(O)CC1NC1CCC1C(=O)O. The molecule has 0 saturated heterocycles. The lowest BCUT2D eigenvalue weighted by Gasteiger charge is -2.52. The zero-order chi connectivity index (χ0) is 11.2. The highest BCUT2D eigenvalue weighted by atomic mass is 16.4. The summed E-state index contributed by atoms with van der Waals surface area (Å²) in [6.07, 6.45) is 2.22. The number of carboxylic acids is 1. The quantitative estimate of drug-likeness (QED) is 0.642. The molecule has 4 heteroatoms. The highest BCUT2D eigenvalue weighted by Crippen LogP contribution is 2.42. The van der Waals surface area contributed by atoms with Crippen molar-refractivity contribution >= 4 is 5.97 Å². The van der Waals surface area contributed by atoms with Crippen LogP contribution in [0.5, 0.6) is 0 Å². The molecule has 0 heterocycles. The van der Waals surface area contributed by atoms with Gasteiger partial charge in [0.2, 0.25) is 0 Å². The molecule has 2 fully saturated rings. The van der Waals surface area contributed by atoms with Gasteiger partial charge in [0, 0.05) is 17.5 Å². The smallest absolute Gasteiger partial charge is 0.308 e. The van der Waals surface area contributed by atoms with Crippen molar-refractivity contribution in [1.82, 2.24) is 5.32 Å². The standard InChI is InChI=1S/C11H19NO3/c1-11(2)8(5-9(11)13)12-7-4-3-6(7)10(14)15/h6-9,12-13H,3-5H2,1-2H3,(H,14,15). The van der Waals surface area contributed by atoms with Gasteiger partial charge in [0.15, 0.2) is 0 Å². The number of nitrogens with one attached hydrogen (secondary N) is 1. The molecule has 2 aliphatic carbocycles. The monoisotopic (exact) mass is 213 g/mol. The van der Waals surface area contributed by atoms with Crippen LogP contribution in [-0.2, 0) is 4.79 Å². The van der Waals surface area contributed by atoms with Gasteiger partial charge in [-0.1, -0.05) is 13.8 Å². The lowest BCUT2D eigenvalue weighted by atomic mass is 9.63. The summed E-state index contributed by atoms with van der Waals surface area (Å²) in [6, 6.07) is 0.374. The first-order valence-corrected chi connectivity index (χ1v) is 5.60. The van der Waals surface area contributed by atoms with Crippen LogP contribution in [0.2, 0.25) is 0 Å². The molecule has 0 radical (unpaired) electrons. The molecule has 4 atom stereocenters. The van der Waals surface area contributed by atoms with Gasteiger partial charge in [-0.2, -0.15) is 0 Å². The molecule has 0 aromatic heterocycles. The van der Waals surface area contributed by atoms with E-state index >= 15 is 0 Å². The van der Waals surface area contributed by atoms with Gasteiger partial charge in [-0.15, -0.1) is 0 Å². The number of hydrogen-bond donors (Lipinski definition) is 3. The number of hydrogen-bond acceptors (Lipinski definition) is 3. The number of aliphatic hydroxyl groups is 1. The van der Waals surface area contributed by atoms with Crippen molar-refractivity contribution in [3.63, 3.8) is 0 Å². The Morgan fingerprint density at radius 3 is 2.40 bits per heavy atom. The number of rotatable bonds is 3. The zero-order valence-electron chi connectivity index (χ0n) is 9.23. The largest absolute Gasteiger partial charge is 0.481 e. The average molecular weight is 213 g/mol. The van der Waals surface area contributed by atoms with Crippen LogP contribution >= 0.6 is 0 Å². The van der Waals surface area contributed by atoms with E-state index in [4.69, 9.17) is 5.11 Å². The highest BCUT2D eigenvalue weighted by molar-refractivity contribution is 5.72. The van der Waals surface area contributed by atoms with Crippen LogP contribution in [0.1, 0.15) is 33.1 Å². The summed E-state index contributed by atoms with van der Waals surface area (Å²) >= 11 is 0. The minimum atomic E-state index is -0.698. The first kappa shape index (κ1) is 10.9. The van der Waals surface area contributed by atoms with E-state index in [2.05, 4.69) is 5.32 Å². The first-order valence-electron chi connectivity index (χ1n) is 5.60. The van der Waals surface area contributed by atoms with E-state index in [-0.39, 0.29) is 29.5 Å². The van der Waals surface area contributed by atoms with Gasteiger partial charge in [0.1, 0.15) is 0 Å². The molecule has 0 aromatic rings. The molecule has 2 aliphatic rings. The van der Waals surface area contributed by atoms with Crippen molar-refractivity contribution in [2.75, 3.05) is 0 Å². The fraction of sp³-hybridized carbons (Fsp3) is 0.909. The molecule has 0 bridgehead atoms. The third kappa shape index (κ3) is 1.66. The molecule has 3 N–H and O–H groups in total. The molecule has 2 rings (SSSR count). The minimum Gasteiger partial charge on any atom is -0.481 e.